The maximum atomic E-state index is 13.1. The summed E-state index contributed by atoms with van der Waals surface area (Å²) in [6, 6.07) is 24.1. The standard InChI is InChI=1S/C28H23ClN2O2/c1-4-33-28(32)26-22-15-18(3)7-14-24(22)31-25(20-8-5-17(2)6-9-20)16-23(30-27(26)31)19-10-12-21(29)13-11-19/h5-16H,4H2,1-3H3. The Morgan fingerprint density at radius 2 is 1.58 bits per heavy atom. The predicted octanol–water partition coefficient (Wildman–Crippen LogP) is 7.27. The fourth-order valence-corrected chi connectivity index (χ4v) is 4.32. The lowest BCUT2D eigenvalue weighted by atomic mass is 10.1. The summed E-state index contributed by atoms with van der Waals surface area (Å²) in [5.41, 5.74) is 7.92. The second-order valence-corrected chi connectivity index (χ2v) is 8.61. The lowest BCUT2D eigenvalue weighted by molar-refractivity contribution is 0.0530. The van der Waals surface area contributed by atoms with Gasteiger partial charge in [0.15, 0.2) is 5.65 Å². The van der Waals surface area contributed by atoms with Crippen LogP contribution in [0, 0.1) is 13.8 Å². The van der Waals surface area contributed by atoms with Gasteiger partial charge in [-0.1, -0.05) is 65.2 Å². The number of benzene rings is 3. The number of nitrogens with zero attached hydrogens (tertiary/aromatic N) is 2. The summed E-state index contributed by atoms with van der Waals surface area (Å²) in [7, 11) is 0. The van der Waals surface area contributed by atoms with E-state index in [2.05, 4.69) is 47.7 Å². The topological polar surface area (TPSA) is 43.6 Å². The molecule has 0 fully saturated rings. The van der Waals surface area contributed by atoms with E-state index in [0.29, 0.717) is 22.8 Å². The first-order valence-corrected chi connectivity index (χ1v) is 11.3. The zero-order valence-electron chi connectivity index (χ0n) is 18.7. The first kappa shape index (κ1) is 21.2. The molecule has 0 saturated carbocycles. The fraction of sp³-hybridized carbons (Fsp3) is 0.143. The molecule has 3 aromatic carbocycles. The number of carbonyl (C=O) groups excluding carboxylic acids is 1. The third-order valence-corrected chi connectivity index (χ3v) is 6.06. The molecule has 2 heterocycles. The largest absolute Gasteiger partial charge is 0.462 e. The Hall–Kier alpha value is -3.63. The van der Waals surface area contributed by atoms with Gasteiger partial charge < -0.3 is 4.74 Å². The van der Waals surface area contributed by atoms with Gasteiger partial charge in [0.25, 0.3) is 0 Å². The molecule has 0 aliphatic heterocycles. The van der Waals surface area contributed by atoms with Gasteiger partial charge in [-0.2, -0.15) is 0 Å². The van der Waals surface area contributed by atoms with Gasteiger partial charge in [-0.05, 0) is 56.7 Å². The maximum Gasteiger partial charge on any atom is 0.342 e. The van der Waals surface area contributed by atoms with Gasteiger partial charge in [-0.25, -0.2) is 9.78 Å². The van der Waals surface area contributed by atoms with E-state index < -0.39 is 0 Å². The summed E-state index contributed by atoms with van der Waals surface area (Å²) in [5.74, 6) is -0.369. The number of aromatic nitrogens is 2. The number of carbonyl (C=O) groups is 1. The highest BCUT2D eigenvalue weighted by atomic mass is 35.5. The molecule has 0 atom stereocenters. The minimum atomic E-state index is -0.369. The van der Waals surface area contributed by atoms with Crippen molar-refractivity contribution in [3.05, 3.63) is 94.5 Å². The third kappa shape index (κ3) is 3.77. The molecule has 0 spiro atoms. The number of hydrogen-bond donors (Lipinski definition) is 0. The SMILES string of the molecule is CCOC(=O)c1c2cc(C)ccc2n2c(-c3ccc(C)cc3)cc(-c3ccc(Cl)cc3)nc12. The monoisotopic (exact) mass is 454 g/mol. The Morgan fingerprint density at radius 3 is 2.27 bits per heavy atom. The van der Waals surface area contributed by atoms with Gasteiger partial charge in [0.05, 0.1) is 23.5 Å². The predicted molar refractivity (Wildman–Crippen MR) is 134 cm³/mol. The van der Waals surface area contributed by atoms with Crippen molar-refractivity contribution in [3.8, 4) is 22.5 Å². The molecule has 0 unspecified atom stereocenters. The number of esters is 1. The van der Waals surface area contributed by atoms with Gasteiger partial charge in [-0.15, -0.1) is 0 Å². The van der Waals surface area contributed by atoms with Crippen LogP contribution in [0.3, 0.4) is 0 Å². The van der Waals surface area contributed by atoms with Crippen molar-refractivity contribution in [3.63, 3.8) is 0 Å². The van der Waals surface area contributed by atoms with Crippen LogP contribution < -0.4 is 0 Å². The van der Waals surface area contributed by atoms with E-state index in [9.17, 15) is 4.79 Å². The van der Waals surface area contributed by atoms with Crippen LogP contribution in [0.5, 0.6) is 0 Å². The highest BCUT2D eigenvalue weighted by molar-refractivity contribution is 6.30. The van der Waals surface area contributed by atoms with Crippen molar-refractivity contribution in [2.75, 3.05) is 6.61 Å². The number of hydrogen-bond acceptors (Lipinski definition) is 3. The second kappa shape index (κ2) is 8.38. The van der Waals surface area contributed by atoms with Crippen LogP contribution in [0.4, 0.5) is 0 Å². The van der Waals surface area contributed by atoms with Crippen LogP contribution in [0.15, 0.2) is 72.8 Å². The van der Waals surface area contributed by atoms with Crippen molar-refractivity contribution in [2.45, 2.75) is 20.8 Å². The fourth-order valence-electron chi connectivity index (χ4n) is 4.19. The van der Waals surface area contributed by atoms with Crippen LogP contribution in [0.1, 0.15) is 28.4 Å². The highest BCUT2D eigenvalue weighted by Gasteiger charge is 2.24. The molecule has 0 saturated heterocycles. The summed E-state index contributed by atoms with van der Waals surface area (Å²) in [5, 5.41) is 1.50. The van der Waals surface area contributed by atoms with Crippen LogP contribution in [-0.2, 0) is 4.74 Å². The molecule has 0 aliphatic carbocycles. The molecule has 0 radical (unpaired) electrons. The molecule has 33 heavy (non-hydrogen) atoms. The Balaban J connectivity index is 1.93. The molecule has 5 aromatic rings. The van der Waals surface area contributed by atoms with E-state index in [4.69, 9.17) is 21.3 Å². The molecular weight excluding hydrogens is 432 g/mol. The van der Waals surface area contributed by atoms with Crippen molar-refractivity contribution in [1.29, 1.82) is 0 Å². The molecular formula is C28H23ClN2O2. The molecule has 5 rings (SSSR count). The van der Waals surface area contributed by atoms with E-state index in [1.807, 2.05) is 50.2 Å². The number of ether oxygens (including phenoxy) is 1. The van der Waals surface area contributed by atoms with Crippen LogP contribution >= 0.6 is 11.6 Å². The summed E-state index contributed by atoms with van der Waals surface area (Å²) in [6.45, 7) is 6.20. The average Bonchev–Trinajstić information content (AvgIpc) is 3.13. The smallest absolute Gasteiger partial charge is 0.342 e. The molecule has 4 nitrogen and oxygen atoms in total. The molecule has 0 amide bonds. The lowest BCUT2D eigenvalue weighted by Gasteiger charge is -2.12. The minimum Gasteiger partial charge on any atom is -0.462 e. The van der Waals surface area contributed by atoms with Crippen molar-refractivity contribution < 1.29 is 9.53 Å². The van der Waals surface area contributed by atoms with Gasteiger partial charge >= 0.3 is 5.97 Å². The number of aryl methyl sites for hydroxylation is 2. The first-order valence-electron chi connectivity index (χ1n) is 10.9. The summed E-state index contributed by atoms with van der Waals surface area (Å²) in [4.78, 5) is 18.1. The second-order valence-electron chi connectivity index (χ2n) is 8.17. The minimum absolute atomic E-state index is 0.297. The van der Waals surface area contributed by atoms with Crippen molar-refractivity contribution in [2.24, 2.45) is 0 Å². The van der Waals surface area contributed by atoms with E-state index in [-0.39, 0.29) is 5.97 Å². The van der Waals surface area contributed by atoms with Gasteiger partial charge in [0, 0.05) is 16.0 Å². The normalized spacial score (nSPS) is 11.3. The van der Waals surface area contributed by atoms with Gasteiger partial charge in [0.2, 0.25) is 0 Å². The van der Waals surface area contributed by atoms with Crippen molar-refractivity contribution >= 4 is 34.1 Å². The average molecular weight is 455 g/mol. The van der Waals surface area contributed by atoms with Gasteiger partial charge in [-0.3, -0.25) is 4.40 Å². The zero-order valence-corrected chi connectivity index (χ0v) is 19.5. The number of halogens is 1. The summed E-state index contributed by atoms with van der Waals surface area (Å²) >= 11 is 6.12. The van der Waals surface area contributed by atoms with E-state index in [1.54, 1.807) is 0 Å². The summed E-state index contributed by atoms with van der Waals surface area (Å²) < 4.78 is 7.52. The third-order valence-electron chi connectivity index (χ3n) is 5.81. The quantitative estimate of drug-likeness (QED) is 0.268. The Kier molecular flexibility index (Phi) is 5.39. The maximum absolute atomic E-state index is 13.1. The van der Waals surface area contributed by atoms with Crippen LogP contribution in [0.2, 0.25) is 5.02 Å². The molecule has 5 heteroatoms. The molecule has 164 valence electrons. The molecule has 0 N–H and O–H groups in total. The number of fused-ring (bicyclic) bond motifs is 3. The van der Waals surface area contributed by atoms with Crippen LogP contribution in [0.25, 0.3) is 39.1 Å². The Labute approximate surface area is 197 Å². The van der Waals surface area contributed by atoms with Crippen molar-refractivity contribution in [1.82, 2.24) is 9.38 Å². The lowest BCUT2D eigenvalue weighted by Crippen LogP contribution is -2.06. The zero-order chi connectivity index (χ0) is 23.1. The molecule has 0 aliphatic rings. The first-order chi connectivity index (χ1) is 16.0. The Bertz CT molecular complexity index is 1500. The Morgan fingerprint density at radius 1 is 0.909 bits per heavy atom. The molecule has 2 aromatic heterocycles. The van der Waals surface area contributed by atoms with Crippen LogP contribution in [-0.4, -0.2) is 22.0 Å². The summed E-state index contributed by atoms with van der Waals surface area (Å²) in [6.07, 6.45) is 0. The highest BCUT2D eigenvalue weighted by Crippen LogP contribution is 2.35. The number of rotatable bonds is 4. The van der Waals surface area contributed by atoms with E-state index >= 15 is 0 Å². The van der Waals surface area contributed by atoms with E-state index in [0.717, 1.165) is 39.0 Å². The molecule has 0 bridgehead atoms. The van der Waals surface area contributed by atoms with Gasteiger partial charge in [0.1, 0.15) is 5.56 Å². The van der Waals surface area contributed by atoms with E-state index in [1.165, 1.54) is 5.56 Å².